The number of carbonyl (C=O) groups is 1. The summed E-state index contributed by atoms with van der Waals surface area (Å²) in [5.41, 5.74) is 5.74. The van der Waals surface area contributed by atoms with Crippen molar-refractivity contribution in [3.05, 3.63) is 41.7 Å². The van der Waals surface area contributed by atoms with Gasteiger partial charge in [-0.25, -0.2) is 4.39 Å². The Labute approximate surface area is 128 Å². The fraction of sp³-hybridized carbons (Fsp3) is 0.333. The topological polar surface area (TPSA) is 53.2 Å². The van der Waals surface area contributed by atoms with Crippen molar-refractivity contribution >= 4 is 29.3 Å². The van der Waals surface area contributed by atoms with Crippen LogP contribution in [-0.2, 0) is 4.79 Å². The molecule has 1 fully saturated rings. The maximum Gasteiger partial charge on any atom is 0.262 e. The van der Waals surface area contributed by atoms with Crippen molar-refractivity contribution in [1.82, 2.24) is 16.2 Å². The molecule has 4 nitrogen and oxygen atoms in total. The summed E-state index contributed by atoms with van der Waals surface area (Å²) >= 11 is 5.09. The Bertz CT molecular complexity index is 541. The molecule has 1 saturated carbocycles. The first-order valence-corrected chi connectivity index (χ1v) is 7.34. The second-order valence-corrected chi connectivity index (χ2v) is 5.37. The number of hydrogen-bond donors (Lipinski definition) is 3. The molecule has 0 spiro atoms. The Kier molecular flexibility index (Phi) is 5.68. The summed E-state index contributed by atoms with van der Waals surface area (Å²) in [6.07, 6.45) is 7.49. The third kappa shape index (κ3) is 5.51. The maximum atomic E-state index is 13.0. The minimum atomic E-state index is -0.352. The van der Waals surface area contributed by atoms with Crippen molar-refractivity contribution in [2.75, 3.05) is 0 Å². The summed E-state index contributed by atoms with van der Waals surface area (Å²) in [7, 11) is 0. The van der Waals surface area contributed by atoms with Gasteiger partial charge in [-0.1, -0.05) is 25.0 Å². The molecule has 112 valence electrons. The van der Waals surface area contributed by atoms with Gasteiger partial charge in [-0.3, -0.25) is 15.6 Å². The highest BCUT2D eigenvalue weighted by atomic mass is 32.1. The van der Waals surface area contributed by atoms with Crippen LogP contribution in [0, 0.1) is 5.82 Å². The monoisotopic (exact) mass is 307 g/mol. The van der Waals surface area contributed by atoms with E-state index in [1.807, 2.05) is 0 Å². The van der Waals surface area contributed by atoms with Gasteiger partial charge in [0.15, 0.2) is 5.11 Å². The number of hydrogen-bond acceptors (Lipinski definition) is 2. The van der Waals surface area contributed by atoms with Gasteiger partial charge >= 0.3 is 0 Å². The number of rotatable bonds is 3. The Morgan fingerprint density at radius 3 is 2.76 bits per heavy atom. The van der Waals surface area contributed by atoms with E-state index in [-0.39, 0.29) is 11.7 Å². The molecule has 21 heavy (non-hydrogen) atoms. The van der Waals surface area contributed by atoms with Crippen LogP contribution in [0.2, 0.25) is 0 Å². The third-order valence-corrected chi connectivity index (χ3v) is 3.49. The van der Waals surface area contributed by atoms with Crippen molar-refractivity contribution in [3.8, 4) is 0 Å². The molecule has 0 heterocycles. The van der Waals surface area contributed by atoms with Crippen molar-refractivity contribution in [2.24, 2.45) is 0 Å². The first-order valence-electron chi connectivity index (χ1n) is 6.93. The van der Waals surface area contributed by atoms with Gasteiger partial charge in [0.25, 0.3) is 5.91 Å². The number of carbonyl (C=O) groups excluding carboxylic acids is 1. The molecule has 0 bridgehead atoms. The molecule has 0 atom stereocenters. The molecule has 3 N–H and O–H groups in total. The summed E-state index contributed by atoms with van der Waals surface area (Å²) in [4.78, 5) is 11.6. The van der Waals surface area contributed by atoms with E-state index in [0.29, 0.717) is 16.7 Å². The van der Waals surface area contributed by atoms with Crippen molar-refractivity contribution in [3.63, 3.8) is 0 Å². The molecule has 1 aromatic rings. The van der Waals surface area contributed by atoms with Crippen molar-refractivity contribution in [2.45, 2.75) is 31.7 Å². The largest absolute Gasteiger partial charge is 0.359 e. The average molecular weight is 307 g/mol. The fourth-order valence-corrected chi connectivity index (χ4v) is 2.45. The number of benzene rings is 1. The SMILES string of the molecule is O=C(/C=C/c1cccc(F)c1)NNC(=S)NC1CCCC1. The quantitative estimate of drug-likeness (QED) is 0.455. The normalized spacial score (nSPS) is 15.1. The highest BCUT2D eigenvalue weighted by molar-refractivity contribution is 7.80. The smallest absolute Gasteiger partial charge is 0.262 e. The van der Waals surface area contributed by atoms with Gasteiger partial charge in [0.05, 0.1) is 0 Å². The van der Waals surface area contributed by atoms with Gasteiger partial charge in [0.1, 0.15) is 5.82 Å². The minimum absolute atomic E-state index is 0.336. The summed E-state index contributed by atoms with van der Waals surface area (Å²) in [5, 5.41) is 3.56. The minimum Gasteiger partial charge on any atom is -0.359 e. The van der Waals surface area contributed by atoms with Gasteiger partial charge in [0.2, 0.25) is 0 Å². The molecule has 0 aliphatic heterocycles. The number of amides is 1. The number of hydrazine groups is 1. The van der Waals surface area contributed by atoms with Crippen LogP contribution in [0.15, 0.2) is 30.3 Å². The van der Waals surface area contributed by atoms with E-state index in [9.17, 15) is 9.18 Å². The molecule has 1 aliphatic rings. The standard InChI is InChI=1S/C15H18FN3OS/c16-12-5-3-4-11(10-12)8-9-14(20)18-19-15(21)17-13-6-1-2-7-13/h3-5,8-10,13H,1-2,6-7H2,(H,18,20)(H2,17,19,21)/b9-8+. The highest BCUT2D eigenvalue weighted by Gasteiger charge is 2.15. The van der Waals surface area contributed by atoms with E-state index in [2.05, 4.69) is 16.2 Å². The molecule has 0 radical (unpaired) electrons. The summed E-state index contributed by atoms with van der Waals surface area (Å²) in [6.45, 7) is 0. The van der Waals surface area contributed by atoms with Gasteiger partial charge in [-0.15, -0.1) is 0 Å². The molecule has 1 aromatic carbocycles. The predicted octanol–water partition coefficient (Wildman–Crippen LogP) is 2.28. The van der Waals surface area contributed by atoms with E-state index >= 15 is 0 Å². The zero-order valence-electron chi connectivity index (χ0n) is 11.6. The lowest BCUT2D eigenvalue weighted by atomic mass is 10.2. The fourth-order valence-electron chi connectivity index (χ4n) is 2.23. The lowest BCUT2D eigenvalue weighted by molar-refractivity contribution is -0.116. The van der Waals surface area contributed by atoms with E-state index < -0.39 is 0 Å². The predicted molar refractivity (Wildman–Crippen MR) is 84.7 cm³/mol. The third-order valence-electron chi connectivity index (χ3n) is 3.27. The van der Waals surface area contributed by atoms with Gasteiger partial charge in [-0.05, 0) is 48.8 Å². The second-order valence-electron chi connectivity index (χ2n) is 4.96. The Morgan fingerprint density at radius 1 is 1.29 bits per heavy atom. The van der Waals surface area contributed by atoms with Crippen LogP contribution < -0.4 is 16.2 Å². The van der Waals surface area contributed by atoms with Crippen molar-refractivity contribution in [1.29, 1.82) is 0 Å². The molecular weight excluding hydrogens is 289 g/mol. The van der Waals surface area contributed by atoms with Crippen LogP contribution in [0.1, 0.15) is 31.2 Å². The van der Waals surface area contributed by atoms with Gasteiger partial charge in [0, 0.05) is 12.1 Å². The van der Waals surface area contributed by atoms with E-state index in [1.54, 1.807) is 12.1 Å². The van der Waals surface area contributed by atoms with Crippen LogP contribution >= 0.6 is 12.2 Å². The molecular formula is C15H18FN3OS. The number of thiocarbonyl (C=S) groups is 1. The summed E-state index contributed by atoms with van der Waals surface area (Å²) in [5.74, 6) is -0.688. The molecule has 0 aromatic heterocycles. The molecule has 0 unspecified atom stereocenters. The molecule has 1 aliphatic carbocycles. The Balaban J connectivity index is 1.72. The summed E-state index contributed by atoms with van der Waals surface area (Å²) < 4.78 is 13.0. The Hall–Kier alpha value is -1.95. The average Bonchev–Trinajstić information content (AvgIpc) is 2.96. The molecule has 1 amide bonds. The van der Waals surface area contributed by atoms with Gasteiger partial charge in [-0.2, -0.15) is 0 Å². The first-order chi connectivity index (χ1) is 10.1. The maximum absolute atomic E-state index is 13.0. The van der Waals surface area contributed by atoms with Crippen LogP contribution in [0.4, 0.5) is 4.39 Å². The zero-order chi connectivity index (χ0) is 15.1. The van der Waals surface area contributed by atoms with Crippen molar-refractivity contribution < 1.29 is 9.18 Å². The molecule has 0 saturated heterocycles. The lowest BCUT2D eigenvalue weighted by Gasteiger charge is -2.15. The lowest BCUT2D eigenvalue weighted by Crippen LogP contribution is -2.48. The van der Waals surface area contributed by atoms with Crippen LogP contribution in [0.3, 0.4) is 0 Å². The molecule has 6 heteroatoms. The second kappa shape index (κ2) is 7.73. The Morgan fingerprint density at radius 2 is 2.05 bits per heavy atom. The first kappa shape index (κ1) is 15.4. The van der Waals surface area contributed by atoms with E-state index in [1.165, 1.54) is 37.1 Å². The van der Waals surface area contributed by atoms with E-state index in [4.69, 9.17) is 12.2 Å². The van der Waals surface area contributed by atoms with Gasteiger partial charge < -0.3 is 5.32 Å². The number of nitrogens with one attached hydrogen (secondary N) is 3. The summed E-state index contributed by atoms with van der Waals surface area (Å²) in [6, 6.07) is 6.40. The van der Waals surface area contributed by atoms with Crippen LogP contribution in [0.5, 0.6) is 0 Å². The van der Waals surface area contributed by atoms with E-state index in [0.717, 1.165) is 12.8 Å². The van der Waals surface area contributed by atoms with Crippen LogP contribution in [-0.4, -0.2) is 17.1 Å². The van der Waals surface area contributed by atoms with Crippen LogP contribution in [0.25, 0.3) is 6.08 Å². The molecule has 2 rings (SSSR count). The highest BCUT2D eigenvalue weighted by Crippen LogP contribution is 2.17. The zero-order valence-corrected chi connectivity index (χ0v) is 12.4. The number of halogens is 1.